The molecule has 132 valence electrons. The van der Waals surface area contributed by atoms with Gasteiger partial charge in [0.15, 0.2) is 11.5 Å². The van der Waals surface area contributed by atoms with Crippen LogP contribution in [0.3, 0.4) is 0 Å². The maximum Gasteiger partial charge on any atom is 0.309 e. The van der Waals surface area contributed by atoms with E-state index in [1.54, 1.807) is 0 Å². The average Bonchev–Trinajstić information content (AvgIpc) is 3.19. The Kier molecular flexibility index (Phi) is 4.54. The molecule has 7 heteroatoms. The first-order valence-electron chi connectivity index (χ1n) is 8.80. The first-order chi connectivity index (χ1) is 12.3. The molecule has 0 bridgehead atoms. The van der Waals surface area contributed by atoms with Crippen LogP contribution < -0.4 is 14.8 Å². The number of carbonyl (C=O) groups is 1. The minimum absolute atomic E-state index is 0.0278. The molecule has 25 heavy (non-hydrogen) atoms. The molecule has 0 saturated heterocycles. The van der Waals surface area contributed by atoms with Crippen LogP contribution in [-0.4, -0.2) is 28.9 Å². The van der Waals surface area contributed by atoms with Crippen LogP contribution in [-0.2, 0) is 6.42 Å². The Balaban J connectivity index is 1.38. The summed E-state index contributed by atoms with van der Waals surface area (Å²) in [5.74, 6) is 1.60. The van der Waals surface area contributed by atoms with Crippen LogP contribution in [0, 0.1) is 0 Å². The van der Waals surface area contributed by atoms with E-state index in [-0.39, 0.29) is 24.6 Å². The van der Waals surface area contributed by atoms with Crippen LogP contribution in [0.25, 0.3) is 0 Å². The number of fused-ring (bicyclic) bond motifs is 1. The molecule has 7 nitrogen and oxygen atoms in total. The molecule has 1 amide bonds. The highest BCUT2D eigenvalue weighted by Gasteiger charge is 2.21. The fourth-order valence-corrected chi connectivity index (χ4v) is 3.31. The number of aromatic nitrogens is 2. The van der Waals surface area contributed by atoms with Crippen molar-refractivity contribution in [1.29, 1.82) is 0 Å². The van der Waals surface area contributed by atoms with E-state index < -0.39 is 0 Å². The van der Waals surface area contributed by atoms with Crippen molar-refractivity contribution < 1.29 is 18.7 Å². The molecule has 2 heterocycles. The van der Waals surface area contributed by atoms with E-state index in [2.05, 4.69) is 15.5 Å². The van der Waals surface area contributed by atoms with Crippen molar-refractivity contribution in [2.45, 2.75) is 51.0 Å². The Morgan fingerprint density at radius 2 is 1.88 bits per heavy atom. The molecule has 0 radical (unpaired) electrons. The Morgan fingerprint density at radius 3 is 2.72 bits per heavy atom. The minimum Gasteiger partial charge on any atom is -0.454 e. The molecule has 0 spiro atoms. The number of carbonyl (C=O) groups excluding carboxylic acids is 1. The van der Waals surface area contributed by atoms with E-state index in [1.165, 1.54) is 12.8 Å². The van der Waals surface area contributed by atoms with Crippen molar-refractivity contribution in [2.24, 2.45) is 0 Å². The van der Waals surface area contributed by atoms with Gasteiger partial charge in [0.05, 0.1) is 6.42 Å². The van der Waals surface area contributed by atoms with Gasteiger partial charge in [-0.25, -0.2) is 0 Å². The first kappa shape index (κ1) is 15.9. The second-order valence-corrected chi connectivity index (χ2v) is 6.53. The van der Waals surface area contributed by atoms with Gasteiger partial charge in [-0.15, -0.1) is 10.2 Å². The number of nitrogens with zero attached hydrogens (tertiary/aromatic N) is 2. The molecule has 0 atom stereocenters. The average molecular weight is 343 g/mol. The predicted octanol–water partition coefficient (Wildman–Crippen LogP) is 2.84. The molecule has 1 fully saturated rings. The Labute approximate surface area is 145 Å². The maximum atomic E-state index is 12.3. The van der Waals surface area contributed by atoms with Gasteiger partial charge in [-0.3, -0.25) is 4.79 Å². The highest BCUT2D eigenvalue weighted by atomic mass is 16.7. The Morgan fingerprint density at radius 1 is 1.08 bits per heavy atom. The summed E-state index contributed by atoms with van der Waals surface area (Å²) in [6.45, 7) is 0.241. The number of benzene rings is 1. The summed E-state index contributed by atoms with van der Waals surface area (Å²) in [6, 6.07) is 5.87. The lowest BCUT2D eigenvalue weighted by Crippen LogP contribution is -2.34. The SMILES string of the molecule is O=C(NC1CCCCCC1)c1nnc(Cc2ccc3c(c2)OCO3)o1. The number of amides is 1. The van der Waals surface area contributed by atoms with Gasteiger partial charge in [0.2, 0.25) is 12.7 Å². The second-order valence-electron chi connectivity index (χ2n) is 6.53. The second kappa shape index (κ2) is 7.13. The summed E-state index contributed by atoms with van der Waals surface area (Å²) in [5, 5.41) is 10.9. The molecule has 1 aromatic carbocycles. The third-order valence-corrected chi connectivity index (χ3v) is 4.64. The normalized spacial score (nSPS) is 17.3. The summed E-state index contributed by atoms with van der Waals surface area (Å²) in [6.07, 6.45) is 7.28. The van der Waals surface area contributed by atoms with Crippen LogP contribution >= 0.6 is 0 Å². The molecular weight excluding hydrogens is 322 g/mol. The van der Waals surface area contributed by atoms with E-state index in [0.29, 0.717) is 18.1 Å². The first-order valence-corrected chi connectivity index (χ1v) is 8.80. The lowest BCUT2D eigenvalue weighted by atomic mass is 10.1. The number of nitrogens with one attached hydrogen (secondary N) is 1. The monoisotopic (exact) mass is 343 g/mol. The Hall–Kier alpha value is -2.57. The van der Waals surface area contributed by atoms with Crippen LogP contribution in [0.2, 0.25) is 0 Å². The van der Waals surface area contributed by atoms with Crippen molar-refractivity contribution in [1.82, 2.24) is 15.5 Å². The van der Waals surface area contributed by atoms with Gasteiger partial charge in [0.1, 0.15) is 0 Å². The molecule has 1 saturated carbocycles. The van der Waals surface area contributed by atoms with Crippen LogP contribution in [0.1, 0.15) is 60.7 Å². The molecular formula is C18H21N3O4. The van der Waals surface area contributed by atoms with Crippen LogP contribution in [0.4, 0.5) is 0 Å². The van der Waals surface area contributed by atoms with Crippen molar-refractivity contribution >= 4 is 5.91 Å². The highest BCUT2D eigenvalue weighted by molar-refractivity contribution is 5.89. The van der Waals surface area contributed by atoms with E-state index in [1.807, 2.05) is 18.2 Å². The topological polar surface area (TPSA) is 86.5 Å². The molecule has 0 unspecified atom stereocenters. The minimum atomic E-state index is -0.281. The van der Waals surface area contributed by atoms with Crippen molar-refractivity contribution in [3.8, 4) is 11.5 Å². The number of hydrogen-bond donors (Lipinski definition) is 1. The lowest BCUT2D eigenvalue weighted by Gasteiger charge is -2.14. The quantitative estimate of drug-likeness (QED) is 0.859. The predicted molar refractivity (Wildman–Crippen MR) is 88.6 cm³/mol. The van der Waals surface area contributed by atoms with Crippen molar-refractivity contribution in [3.63, 3.8) is 0 Å². The van der Waals surface area contributed by atoms with Gasteiger partial charge in [0, 0.05) is 6.04 Å². The lowest BCUT2D eigenvalue weighted by molar-refractivity contribution is 0.0896. The summed E-state index contributed by atoms with van der Waals surface area (Å²) in [4.78, 5) is 12.3. The largest absolute Gasteiger partial charge is 0.454 e. The van der Waals surface area contributed by atoms with Gasteiger partial charge in [0.25, 0.3) is 0 Å². The molecule has 1 aliphatic heterocycles. The highest BCUT2D eigenvalue weighted by Crippen LogP contribution is 2.33. The molecule has 4 rings (SSSR count). The number of hydrogen-bond acceptors (Lipinski definition) is 6. The van der Waals surface area contributed by atoms with E-state index >= 15 is 0 Å². The summed E-state index contributed by atoms with van der Waals surface area (Å²) < 4.78 is 16.2. The summed E-state index contributed by atoms with van der Waals surface area (Å²) in [7, 11) is 0. The van der Waals surface area contributed by atoms with Crippen molar-refractivity contribution in [2.75, 3.05) is 6.79 Å². The third kappa shape index (κ3) is 3.75. The molecule has 2 aliphatic rings. The van der Waals surface area contributed by atoms with Crippen LogP contribution in [0.15, 0.2) is 22.6 Å². The Bertz CT molecular complexity index is 751. The van der Waals surface area contributed by atoms with Crippen LogP contribution in [0.5, 0.6) is 11.5 Å². The fraction of sp³-hybridized carbons (Fsp3) is 0.500. The molecule has 1 aliphatic carbocycles. The van der Waals surface area contributed by atoms with Gasteiger partial charge >= 0.3 is 11.8 Å². The van der Waals surface area contributed by atoms with Gasteiger partial charge in [-0.05, 0) is 30.5 Å². The number of rotatable bonds is 4. The van der Waals surface area contributed by atoms with Crippen molar-refractivity contribution in [3.05, 3.63) is 35.5 Å². The standard InChI is InChI=1S/C18H21N3O4/c22-17(19-13-5-3-1-2-4-6-13)18-21-20-16(25-18)10-12-7-8-14-15(9-12)24-11-23-14/h7-9,13H,1-6,10-11H2,(H,19,22). The zero-order chi connectivity index (χ0) is 17.1. The van der Waals surface area contributed by atoms with Gasteiger partial charge in [-0.2, -0.15) is 0 Å². The zero-order valence-corrected chi connectivity index (χ0v) is 14.0. The molecule has 1 aromatic heterocycles. The van der Waals surface area contributed by atoms with E-state index in [9.17, 15) is 4.79 Å². The summed E-state index contributed by atoms with van der Waals surface area (Å²) in [5.41, 5.74) is 0.962. The van der Waals surface area contributed by atoms with Gasteiger partial charge in [-0.1, -0.05) is 31.7 Å². The fourth-order valence-electron chi connectivity index (χ4n) is 3.31. The third-order valence-electron chi connectivity index (χ3n) is 4.64. The summed E-state index contributed by atoms with van der Waals surface area (Å²) >= 11 is 0. The van der Waals surface area contributed by atoms with E-state index in [0.717, 1.165) is 37.0 Å². The molecule has 2 aromatic rings. The maximum absolute atomic E-state index is 12.3. The zero-order valence-electron chi connectivity index (χ0n) is 14.0. The van der Waals surface area contributed by atoms with Gasteiger partial charge < -0.3 is 19.2 Å². The van der Waals surface area contributed by atoms with E-state index in [4.69, 9.17) is 13.9 Å². The smallest absolute Gasteiger partial charge is 0.309 e. The number of ether oxygens (including phenoxy) is 2. The molecule has 1 N–H and O–H groups in total.